The Hall–Kier alpha value is -0.0800. The fourth-order valence-electron chi connectivity index (χ4n) is 2.68. The lowest BCUT2D eigenvalue weighted by atomic mass is 9.84. The summed E-state index contributed by atoms with van der Waals surface area (Å²) in [5.74, 6) is 0.972. The molecule has 2 nitrogen and oxygen atoms in total. The van der Waals surface area contributed by atoms with Crippen molar-refractivity contribution in [1.82, 2.24) is 5.32 Å². The van der Waals surface area contributed by atoms with E-state index in [1.165, 1.54) is 44.9 Å². The van der Waals surface area contributed by atoms with Gasteiger partial charge < -0.3 is 10.1 Å². The van der Waals surface area contributed by atoms with Crippen LogP contribution < -0.4 is 5.32 Å². The summed E-state index contributed by atoms with van der Waals surface area (Å²) in [4.78, 5) is 0. The van der Waals surface area contributed by atoms with Gasteiger partial charge in [-0.2, -0.15) is 0 Å². The summed E-state index contributed by atoms with van der Waals surface area (Å²) in [5.41, 5.74) is 0. The molecule has 0 aromatic carbocycles. The van der Waals surface area contributed by atoms with E-state index in [1.807, 2.05) is 0 Å². The highest BCUT2D eigenvalue weighted by atomic mass is 16.5. The second kappa shape index (κ2) is 8.12. The van der Waals surface area contributed by atoms with Gasteiger partial charge in [-0.25, -0.2) is 0 Å². The van der Waals surface area contributed by atoms with E-state index in [9.17, 15) is 0 Å². The molecule has 1 rings (SSSR count). The van der Waals surface area contributed by atoms with Crippen LogP contribution in [0.4, 0.5) is 0 Å². The molecule has 1 unspecified atom stereocenters. The Morgan fingerprint density at radius 2 is 2.00 bits per heavy atom. The Bertz CT molecular complexity index is 143. The van der Waals surface area contributed by atoms with E-state index >= 15 is 0 Å². The predicted molar refractivity (Wildman–Crippen MR) is 65.1 cm³/mol. The minimum atomic E-state index is 0.679. The highest BCUT2D eigenvalue weighted by Gasteiger charge is 2.18. The van der Waals surface area contributed by atoms with Gasteiger partial charge in [0.2, 0.25) is 0 Å². The van der Waals surface area contributed by atoms with Crippen molar-refractivity contribution in [3.05, 3.63) is 0 Å². The van der Waals surface area contributed by atoms with E-state index in [0.29, 0.717) is 6.04 Å². The Labute approximate surface area is 94.8 Å². The lowest BCUT2D eigenvalue weighted by Crippen LogP contribution is -2.32. The van der Waals surface area contributed by atoms with E-state index in [2.05, 4.69) is 12.2 Å². The van der Waals surface area contributed by atoms with Crippen LogP contribution in [-0.4, -0.2) is 26.3 Å². The van der Waals surface area contributed by atoms with Crippen molar-refractivity contribution in [1.29, 1.82) is 0 Å². The van der Waals surface area contributed by atoms with E-state index in [-0.39, 0.29) is 0 Å². The first-order valence-electron chi connectivity index (χ1n) is 6.59. The zero-order valence-corrected chi connectivity index (χ0v) is 10.4. The molecule has 0 aliphatic heterocycles. The monoisotopic (exact) mass is 213 g/mol. The van der Waals surface area contributed by atoms with E-state index in [4.69, 9.17) is 4.74 Å². The molecule has 1 atom stereocenters. The molecule has 90 valence electrons. The number of ether oxygens (including phenoxy) is 1. The van der Waals surface area contributed by atoms with Crippen molar-refractivity contribution in [2.75, 3.05) is 20.3 Å². The van der Waals surface area contributed by atoms with Crippen molar-refractivity contribution in [3.63, 3.8) is 0 Å². The predicted octanol–water partition coefficient (Wildman–Crippen LogP) is 2.97. The van der Waals surface area contributed by atoms with Gasteiger partial charge in [-0.1, -0.05) is 39.0 Å². The lowest BCUT2D eigenvalue weighted by Gasteiger charge is -2.26. The van der Waals surface area contributed by atoms with Gasteiger partial charge in [-0.3, -0.25) is 0 Å². The molecule has 0 heterocycles. The Kier molecular flexibility index (Phi) is 7.03. The number of hydrogen-bond donors (Lipinski definition) is 1. The maximum atomic E-state index is 5.17. The molecule has 1 fully saturated rings. The van der Waals surface area contributed by atoms with Crippen LogP contribution in [0.1, 0.15) is 51.9 Å². The standard InChI is InChI=1S/C13H27NO/c1-3-14-13(9-10-15-2)11-12-7-5-4-6-8-12/h12-14H,3-11H2,1-2H3. The van der Waals surface area contributed by atoms with Gasteiger partial charge in [0.1, 0.15) is 0 Å². The normalized spacial score (nSPS) is 20.4. The lowest BCUT2D eigenvalue weighted by molar-refractivity contribution is 0.174. The second-order valence-corrected chi connectivity index (χ2v) is 4.78. The highest BCUT2D eigenvalue weighted by Crippen LogP contribution is 2.27. The molecule has 2 heteroatoms. The molecule has 0 aromatic rings. The first-order valence-corrected chi connectivity index (χ1v) is 6.59. The molecule has 0 saturated heterocycles. The van der Waals surface area contributed by atoms with Crippen molar-refractivity contribution < 1.29 is 4.74 Å². The summed E-state index contributed by atoms with van der Waals surface area (Å²) in [6, 6.07) is 0.679. The van der Waals surface area contributed by atoms with Gasteiger partial charge in [-0.05, 0) is 25.3 Å². The third kappa shape index (κ3) is 5.53. The molecule has 0 radical (unpaired) electrons. The summed E-state index contributed by atoms with van der Waals surface area (Å²) < 4.78 is 5.17. The quantitative estimate of drug-likeness (QED) is 0.702. The second-order valence-electron chi connectivity index (χ2n) is 4.78. The minimum Gasteiger partial charge on any atom is -0.385 e. The van der Waals surface area contributed by atoms with Gasteiger partial charge in [0.25, 0.3) is 0 Å². The van der Waals surface area contributed by atoms with Crippen molar-refractivity contribution >= 4 is 0 Å². The maximum absolute atomic E-state index is 5.17. The fraction of sp³-hybridized carbons (Fsp3) is 1.00. The van der Waals surface area contributed by atoms with Crippen molar-refractivity contribution in [2.45, 2.75) is 57.9 Å². The largest absolute Gasteiger partial charge is 0.385 e. The van der Waals surface area contributed by atoms with Gasteiger partial charge in [0.15, 0.2) is 0 Å². The molecule has 0 bridgehead atoms. The van der Waals surface area contributed by atoms with Crippen molar-refractivity contribution in [2.24, 2.45) is 5.92 Å². The molecule has 0 aromatic heterocycles. The van der Waals surface area contributed by atoms with Gasteiger partial charge in [0, 0.05) is 19.8 Å². The van der Waals surface area contributed by atoms with E-state index in [1.54, 1.807) is 7.11 Å². The Balaban J connectivity index is 2.21. The molecular weight excluding hydrogens is 186 g/mol. The Morgan fingerprint density at radius 1 is 1.27 bits per heavy atom. The summed E-state index contributed by atoms with van der Waals surface area (Å²) in [7, 11) is 1.80. The van der Waals surface area contributed by atoms with Crippen LogP contribution in [0.3, 0.4) is 0 Å². The van der Waals surface area contributed by atoms with Crippen LogP contribution >= 0.6 is 0 Å². The molecule has 1 N–H and O–H groups in total. The van der Waals surface area contributed by atoms with Gasteiger partial charge >= 0.3 is 0 Å². The van der Waals surface area contributed by atoms with E-state index < -0.39 is 0 Å². The molecule has 1 aliphatic carbocycles. The zero-order chi connectivity index (χ0) is 10.9. The van der Waals surface area contributed by atoms with Gasteiger partial charge in [0.05, 0.1) is 0 Å². The van der Waals surface area contributed by atoms with Gasteiger partial charge in [-0.15, -0.1) is 0 Å². The van der Waals surface area contributed by atoms with Crippen LogP contribution in [0.5, 0.6) is 0 Å². The average Bonchev–Trinajstić information content (AvgIpc) is 2.28. The number of nitrogens with one attached hydrogen (secondary N) is 1. The van der Waals surface area contributed by atoms with Crippen molar-refractivity contribution in [3.8, 4) is 0 Å². The first kappa shape index (κ1) is 13.0. The summed E-state index contributed by atoms with van der Waals surface area (Å²) in [6.45, 7) is 4.17. The minimum absolute atomic E-state index is 0.679. The SMILES string of the molecule is CCNC(CCOC)CC1CCCCC1. The molecule has 0 spiro atoms. The summed E-state index contributed by atoms with van der Waals surface area (Å²) in [5, 5.41) is 3.58. The summed E-state index contributed by atoms with van der Waals surface area (Å²) >= 11 is 0. The average molecular weight is 213 g/mol. The van der Waals surface area contributed by atoms with Crippen LogP contribution in [0.25, 0.3) is 0 Å². The zero-order valence-electron chi connectivity index (χ0n) is 10.4. The smallest absolute Gasteiger partial charge is 0.0477 e. The van der Waals surface area contributed by atoms with Crippen LogP contribution in [0.15, 0.2) is 0 Å². The number of rotatable bonds is 7. The molecule has 1 aliphatic rings. The molecule has 0 amide bonds. The number of methoxy groups -OCH3 is 1. The topological polar surface area (TPSA) is 21.3 Å². The third-order valence-corrected chi connectivity index (χ3v) is 3.51. The number of hydrogen-bond acceptors (Lipinski definition) is 2. The highest BCUT2D eigenvalue weighted by molar-refractivity contribution is 4.74. The van der Waals surface area contributed by atoms with Crippen LogP contribution in [0, 0.1) is 5.92 Å². The third-order valence-electron chi connectivity index (χ3n) is 3.51. The van der Waals surface area contributed by atoms with Crippen LogP contribution in [-0.2, 0) is 4.74 Å². The molecule has 1 saturated carbocycles. The first-order chi connectivity index (χ1) is 7.36. The summed E-state index contributed by atoms with van der Waals surface area (Å²) in [6.07, 6.45) is 9.80. The molecular formula is C13H27NO. The molecule has 15 heavy (non-hydrogen) atoms. The Morgan fingerprint density at radius 3 is 2.60 bits per heavy atom. The van der Waals surface area contributed by atoms with Crippen LogP contribution in [0.2, 0.25) is 0 Å². The maximum Gasteiger partial charge on any atom is 0.0477 e. The fourth-order valence-corrected chi connectivity index (χ4v) is 2.68. The van der Waals surface area contributed by atoms with E-state index in [0.717, 1.165) is 19.1 Å².